The first kappa shape index (κ1) is 15.2. The van der Waals surface area contributed by atoms with Crippen LogP contribution in [-0.2, 0) is 11.2 Å². The SMILES string of the molecule is CC(C)C(O)CNC(=O)CCc1ccc(C#N)cc1. The van der Waals surface area contributed by atoms with Crippen LogP contribution in [0.15, 0.2) is 24.3 Å². The second kappa shape index (κ2) is 7.55. The molecular formula is C15H20N2O2. The average molecular weight is 260 g/mol. The van der Waals surface area contributed by atoms with Gasteiger partial charge in [0.2, 0.25) is 5.91 Å². The van der Waals surface area contributed by atoms with Crippen LogP contribution in [0.2, 0.25) is 0 Å². The minimum atomic E-state index is -0.501. The molecule has 0 saturated heterocycles. The molecule has 1 atom stereocenters. The lowest BCUT2D eigenvalue weighted by Gasteiger charge is -2.14. The molecule has 1 amide bonds. The third-order valence-corrected chi connectivity index (χ3v) is 3.00. The van der Waals surface area contributed by atoms with Crippen LogP contribution in [0.25, 0.3) is 0 Å². The molecule has 0 spiro atoms. The summed E-state index contributed by atoms with van der Waals surface area (Å²) in [5.41, 5.74) is 1.65. The molecule has 102 valence electrons. The molecule has 2 N–H and O–H groups in total. The number of carbonyl (C=O) groups is 1. The number of amides is 1. The van der Waals surface area contributed by atoms with Gasteiger partial charge in [0, 0.05) is 13.0 Å². The van der Waals surface area contributed by atoms with Crippen molar-refractivity contribution >= 4 is 5.91 Å². The van der Waals surface area contributed by atoms with Crippen LogP contribution in [0.1, 0.15) is 31.4 Å². The Kier molecular flexibility index (Phi) is 6.04. The van der Waals surface area contributed by atoms with Crippen molar-refractivity contribution in [3.05, 3.63) is 35.4 Å². The van der Waals surface area contributed by atoms with Crippen LogP contribution >= 0.6 is 0 Å². The third-order valence-electron chi connectivity index (χ3n) is 3.00. The van der Waals surface area contributed by atoms with Crippen molar-refractivity contribution in [2.75, 3.05) is 6.54 Å². The van der Waals surface area contributed by atoms with E-state index >= 15 is 0 Å². The van der Waals surface area contributed by atoms with Crippen molar-refractivity contribution in [1.29, 1.82) is 5.26 Å². The highest BCUT2D eigenvalue weighted by molar-refractivity contribution is 5.76. The summed E-state index contributed by atoms with van der Waals surface area (Å²) in [5.74, 6) is 0.0721. The lowest BCUT2D eigenvalue weighted by atomic mass is 10.1. The van der Waals surface area contributed by atoms with Crippen molar-refractivity contribution in [3.63, 3.8) is 0 Å². The summed E-state index contributed by atoms with van der Waals surface area (Å²) in [6, 6.07) is 9.26. The Bertz CT molecular complexity index is 446. The first-order chi connectivity index (χ1) is 9.02. The fourth-order valence-electron chi connectivity index (χ4n) is 1.55. The highest BCUT2D eigenvalue weighted by Crippen LogP contribution is 2.06. The van der Waals surface area contributed by atoms with Crippen LogP contribution in [-0.4, -0.2) is 23.7 Å². The fourth-order valence-corrected chi connectivity index (χ4v) is 1.55. The summed E-state index contributed by atoms with van der Waals surface area (Å²) in [6.07, 6.45) is 0.519. The summed E-state index contributed by atoms with van der Waals surface area (Å²) in [4.78, 5) is 11.6. The lowest BCUT2D eigenvalue weighted by molar-refractivity contribution is -0.121. The standard InChI is InChI=1S/C15H20N2O2/c1-11(2)14(18)10-17-15(19)8-7-12-3-5-13(9-16)6-4-12/h3-6,11,14,18H,7-8,10H2,1-2H3,(H,17,19). The number of rotatable bonds is 6. The molecule has 0 saturated carbocycles. The van der Waals surface area contributed by atoms with Gasteiger partial charge < -0.3 is 10.4 Å². The first-order valence-corrected chi connectivity index (χ1v) is 6.46. The van der Waals surface area contributed by atoms with E-state index in [1.165, 1.54) is 0 Å². The smallest absolute Gasteiger partial charge is 0.220 e. The van der Waals surface area contributed by atoms with Gasteiger partial charge in [0.25, 0.3) is 0 Å². The Balaban J connectivity index is 2.32. The van der Waals surface area contributed by atoms with Gasteiger partial charge in [0.15, 0.2) is 0 Å². The van der Waals surface area contributed by atoms with Crippen LogP contribution in [0.5, 0.6) is 0 Å². The number of hydrogen-bond acceptors (Lipinski definition) is 3. The number of carbonyl (C=O) groups excluding carboxylic acids is 1. The molecular weight excluding hydrogens is 240 g/mol. The molecule has 0 aliphatic rings. The molecule has 0 bridgehead atoms. The van der Waals surface area contributed by atoms with Crippen molar-refractivity contribution in [2.45, 2.75) is 32.8 Å². The van der Waals surface area contributed by atoms with Gasteiger partial charge in [0.05, 0.1) is 17.7 Å². The Morgan fingerprint density at radius 3 is 2.53 bits per heavy atom. The molecule has 0 heterocycles. The van der Waals surface area contributed by atoms with Gasteiger partial charge in [-0.3, -0.25) is 4.79 Å². The zero-order valence-electron chi connectivity index (χ0n) is 11.4. The first-order valence-electron chi connectivity index (χ1n) is 6.46. The number of nitriles is 1. The molecule has 1 unspecified atom stereocenters. The Hall–Kier alpha value is -1.86. The van der Waals surface area contributed by atoms with Gasteiger partial charge in [-0.2, -0.15) is 5.26 Å². The normalized spacial score (nSPS) is 11.9. The molecule has 0 aromatic heterocycles. The molecule has 1 rings (SSSR count). The number of nitrogens with zero attached hydrogens (tertiary/aromatic N) is 1. The maximum absolute atomic E-state index is 11.6. The largest absolute Gasteiger partial charge is 0.391 e. The predicted octanol–water partition coefficient (Wildman–Crippen LogP) is 1.62. The Labute approximate surface area is 114 Å². The van der Waals surface area contributed by atoms with E-state index < -0.39 is 6.10 Å². The highest BCUT2D eigenvalue weighted by Gasteiger charge is 2.10. The molecule has 0 aliphatic carbocycles. The number of nitrogens with one attached hydrogen (secondary N) is 1. The van der Waals surface area contributed by atoms with Gasteiger partial charge in [0.1, 0.15) is 0 Å². The summed E-state index contributed by atoms with van der Waals surface area (Å²) in [7, 11) is 0. The number of hydrogen-bond donors (Lipinski definition) is 2. The van der Waals surface area contributed by atoms with Crippen molar-refractivity contribution < 1.29 is 9.90 Å². The minimum absolute atomic E-state index is 0.0657. The molecule has 4 nitrogen and oxygen atoms in total. The van der Waals surface area contributed by atoms with E-state index in [1.54, 1.807) is 12.1 Å². The van der Waals surface area contributed by atoms with Gasteiger partial charge >= 0.3 is 0 Å². The quantitative estimate of drug-likeness (QED) is 0.816. The Morgan fingerprint density at radius 2 is 2.00 bits per heavy atom. The van der Waals surface area contributed by atoms with E-state index in [2.05, 4.69) is 11.4 Å². The number of aryl methyl sites for hydroxylation is 1. The molecule has 0 radical (unpaired) electrons. The van der Waals surface area contributed by atoms with E-state index in [0.29, 0.717) is 24.9 Å². The van der Waals surface area contributed by atoms with Crippen LogP contribution < -0.4 is 5.32 Å². The third kappa shape index (κ3) is 5.54. The van der Waals surface area contributed by atoms with E-state index in [4.69, 9.17) is 5.26 Å². The second-order valence-electron chi connectivity index (χ2n) is 4.92. The van der Waals surface area contributed by atoms with Crippen LogP contribution in [0, 0.1) is 17.2 Å². The summed E-state index contributed by atoms with van der Waals surface area (Å²) >= 11 is 0. The van der Waals surface area contributed by atoms with Gasteiger partial charge in [-0.25, -0.2) is 0 Å². The van der Waals surface area contributed by atoms with E-state index in [9.17, 15) is 9.90 Å². The topological polar surface area (TPSA) is 73.1 Å². The lowest BCUT2D eigenvalue weighted by Crippen LogP contribution is -2.34. The fraction of sp³-hybridized carbons (Fsp3) is 0.467. The van der Waals surface area contributed by atoms with Gasteiger partial charge in [-0.1, -0.05) is 26.0 Å². The van der Waals surface area contributed by atoms with Crippen LogP contribution in [0.3, 0.4) is 0 Å². The number of aliphatic hydroxyl groups is 1. The van der Waals surface area contributed by atoms with Crippen molar-refractivity contribution in [2.24, 2.45) is 5.92 Å². The molecule has 0 fully saturated rings. The maximum Gasteiger partial charge on any atom is 0.220 e. The zero-order valence-corrected chi connectivity index (χ0v) is 11.4. The summed E-state index contributed by atoms with van der Waals surface area (Å²) in [5, 5.41) is 21.0. The molecule has 4 heteroatoms. The minimum Gasteiger partial charge on any atom is -0.391 e. The molecule has 0 aliphatic heterocycles. The second-order valence-corrected chi connectivity index (χ2v) is 4.92. The summed E-state index contributed by atoms with van der Waals surface area (Å²) < 4.78 is 0. The Morgan fingerprint density at radius 1 is 1.37 bits per heavy atom. The van der Waals surface area contributed by atoms with E-state index in [1.807, 2.05) is 26.0 Å². The molecule has 1 aromatic rings. The average Bonchev–Trinajstić information content (AvgIpc) is 2.42. The van der Waals surface area contributed by atoms with Crippen LogP contribution in [0.4, 0.5) is 0 Å². The number of benzene rings is 1. The maximum atomic E-state index is 11.6. The highest BCUT2D eigenvalue weighted by atomic mass is 16.3. The van der Waals surface area contributed by atoms with Crippen molar-refractivity contribution in [3.8, 4) is 6.07 Å². The van der Waals surface area contributed by atoms with Gasteiger partial charge in [-0.05, 0) is 30.0 Å². The molecule has 19 heavy (non-hydrogen) atoms. The predicted molar refractivity (Wildman–Crippen MR) is 73.3 cm³/mol. The zero-order chi connectivity index (χ0) is 14.3. The van der Waals surface area contributed by atoms with E-state index in [-0.39, 0.29) is 11.8 Å². The summed E-state index contributed by atoms with van der Waals surface area (Å²) in [6.45, 7) is 4.12. The van der Waals surface area contributed by atoms with E-state index in [0.717, 1.165) is 5.56 Å². The van der Waals surface area contributed by atoms with Gasteiger partial charge in [-0.15, -0.1) is 0 Å². The molecule has 1 aromatic carbocycles. The monoisotopic (exact) mass is 260 g/mol. The van der Waals surface area contributed by atoms with Crippen molar-refractivity contribution in [1.82, 2.24) is 5.32 Å². The number of aliphatic hydroxyl groups excluding tert-OH is 1.